The lowest BCUT2D eigenvalue weighted by Gasteiger charge is -2.19. The van der Waals surface area contributed by atoms with Crippen LogP contribution >= 0.6 is 0 Å². The van der Waals surface area contributed by atoms with Crippen molar-refractivity contribution < 1.29 is 14.3 Å². The van der Waals surface area contributed by atoms with Gasteiger partial charge in [-0.3, -0.25) is 20.0 Å². The Hall–Kier alpha value is -3.35. The van der Waals surface area contributed by atoms with Gasteiger partial charge >= 0.3 is 12.0 Å². The molecule has 1 heterocycles. The van der Waals surface area contributed by atoms with Crippen molar-refractivity contribution in [1.82, 2.24) is 0 Å². The zero-order valence-corrected chi connectivity index (χ0v) is 16.7. The summed E-state index contributed by atoms with van der Waals surface area (Å²) in [7, 11) is 0. The van der Waals surface area contributed by atoms with E-state index in [1.54, 1.807) is 34.1 Å². The van der Waals surface area contributed by atoms with Crippen LogP contribution in [0.4, 0.5) is 16.2 Å². The maximum atomic E-state index is 12.9. The van der Waals surface area contributed by atoms with E-state index in [1.807, 2.05) is 38.1 Å². The predicted molar refractivity (Wildman–Crippen MR) is 114 cm³/mol. The number of hydrogen-bond donors (Lipinski definition) is 2. The maximum Gasteiger partial charge on any atom is 0.329 e. The van der Waals surface area contributed by atoms with Gasteiger partial charge in [0, 0.05) is 36.4 Å². The molecule has 0 aliphatic carbocycles. The van der Waals surface area contributed by atoms with Crippen molar-refractivity contribution in [2.24, 2.45) is 5.73 Å². The fraction of sp³-hybridized carbons (Fsp3) is 0.318. The molecule has 3 rings (SSSR count). The van der Waals surface area contributed by atoms with Crippen LogP contribution in [0, 0.1) is 5.41 Å². The first kappa shape index (κ1) is 20.4. The first-order valence-electron chi connectivity index (χ1n) is 9.67. The molecule has 0 radical (unpaired) electrons. The summed E-state index contributed by atoms with van der Waals surface area (Å²) in [5.74, 6) is -0.200. The average Bonchev–Trinajstić information content (AvgIpc) is 3.07. The number of carbonyl (C=O) groups is 2. The third-order valence-corrected chi connectivity index (χ3v) is 4.73. The van der Waals surface area contributed by atoms with E-state index in [-0.39, 0.29) is 23.9 Å². The van der Waals surface area contributed by atoms with E-state index in [1.165, 1.54) is 0 Å². The molecule has 1 fully saturated rings. The van der Waals surface area contributed by atoms with Crippen LogP contribution in [0.2, 0.25) is 0 Å². The molecular weight excluding hydrogens is 368 g/mol. The van der Waals surface area contributed by atoms with Gasteiger partial charge in [0.1, 0.15) is 5.84 Å². The standard InChI is InChI=1S/C22H26N4O3/c1-15(2)29-20(27)12-5-16-3-8-18(9-4-16)25-13-14-26(22(25)28)19-10-6-17(7-11-19)21(23)24/h3-4,6-11,15H,5,12-14H2,1-2H3,(H3,23,24). The van der Waals surface area contributed by atoms with Gasteiger partial charge in [-0.25, -0.2) is 4.79 Å². The van der Waals surface area contributed by atoms with Crippen molar-refractivity contribution in [3.05, 3.63) is 59.7 Å². The summed E-state index contributed by atoms with van der Waals surface area (Å²) in [5.41, 5.74) is 8.74. The van der Waals surface area contributed by atoms with Gasteiger partial charge in [-0.1, -0.05) is 12.1 Å². The van der Waals surface area contributed by atoms with E-state index in [4.69, 9.17) is 15.9 Å². The molecule has 29 heavy (non-hydrogen) atoms. The van der Waals surface area contributed by atoms with Gasteiger partial charge < -0.3 is 10.5 Å². The Bertz CT molecular complexity index is 891. The summed E-state index contributed by atoms with van der Waals surface area (Å²) in [5, 5.41) is 7.46. The fourth-order valence-corrected chi connectivity index (χ4v) is 3.25. The number of nitrogen functional groups attached to an aromatic ring is 1. The minimum absolute atomic E-state index is 0.00323. The number of esters is 1. The number of rotatable bonds is 7. The number of nitrogens with two attached hydrogens (primary N) is 1. The van der Waals surface area contributed by atoms with Crippen LogP contribution in [0.1, 0.15) is 31.4 Å². The Balaban J connectivity index is 1.62. The third-order valence-electron chi connectivity index (χ3n) is 4.73. The highest BCUT2D eigenvalue weighted by molar-refractivity contribution is 6.06. The molecule has 152 valence electrons. The van der Waals surface area contributed by atoms with Crippen LogP contribution in [-0.4, -0.2) is 37.0 Å². The summed E-state index contributed by atoms with van der Waals surface area (Å²) in [6.07, 6.45) is 0.839. The number of carbonyl (C=O) groups excluding carboxylic acids is 2. The van der Waals surface area contributed by atoms with Crippen molar-refractivity contribution >= 4 is 29.2 Å². The molecule has 2 aromatic carbocycles. The Labute approximate surface area is 170 Å². The van der Waals surface area contributed by atoms with Gasteiger partial charge in [-0.2, -0.15) is 0 Å². The quantitative estimate of drug-likeness (QED) is 0.427. The normalized spacial score (nSPS) is 13.8. The zero-order chi connectivity index (χ0) is 21.0. The van der Waals surface area contributed by atoms with E-state index in [0.717, 1.165) is 16.9 Å². The number of amides is 2. The molecule has 7 heteroatoms. The molecule has 0 bridgehead atoms. The third kappa shape index (κ3) is 4.93. The number of hydrogen-bond acceptors (Lipinski definition) is 4. The molecule has 2 amide bonds. The van der Waals surface area contributed by atoms with Gasteiger partial charge in [-0.15, -0.1) is 0 Å². The van der Waals surface area contributed by atoms with Gasteiger partial charge in [0.2, 0.25) is 0 Å². The second kappa shape index (κ2) is 8.77. The van der Waals surface area contributed by atoms with Crippen LogP contribution in [0.25, 0.3) is 0 Å². The predicted octanol–water partition coefficient (Wildman–Crippen LogP) is 3.30. The summed E-state index contributed by atoms with van der Waals surface area (Å²) in [6, 6.07) is 14.7. The SMILES string of the molecule is CC(C)OC(=O)CCc1ccc(N2CCN(c3ccc(C(=N)N)cc3)C2=O)cc1. The molecule has 1 aliphatic rings. The minimum atomic E-state index is -0.203. The summed E-state index contributed by atoms with van der Waals surface area (Å²) < 4.78 is 5.15. The zero-order valence-electron chi connectivity index (χ0n) is 16.7. The molecule has 0 spiro atoms. The Kier molecular flexibility index (Phi) is 6.16. The van der Waals surface area contributed by atoms with Gasteiger partial charge in [-0.05, 0) is 62.2 Å². The Morgan fingerprint density at radius 1 is 1.03 bits per heavy atom. The van der Waals surface area contributed by atoms with Crippen LogP contribution in [0.15, 0.2) is 48.5 Å². The maximum absolute atomic E-state index is 12.9. The number of aryl methyl sites for hydroxylation is 1. The molecule has 1 saturated heterocycles. The second-order valence-electron chi connectivity index (χ2n) is 7.25. The lowest BCUT2D eigenvalue weighted by atomic mass is 10.1. The number of nitrogens with one attached hydrogen (secondary N) is 1. The molecule has 0 saturated carbocycles. The molecule has 0 unspecified atom stereocenters. The first-order valence-corrected chi connectivity index (χ1v) is 9.67. The number of anilines is 2. The highest BCUT2D eigenvalue weighted by Crippen LogP contribution is 2.26. The van der Waals surface area contributed by atoms with E-state index in [2.05, 4.69) is 0 Å². The summed E-state index contributed by atoms with van der Waals surface area (Å²) in [6.45, 7) is 4.84. The van der Waals surface area contributed by atoms with Gasteiger partial charge in [0.05, 0.1) is 6.10 Å². The van der Waals surface area contributed by atoms with E-state index in [0.29, 0.717) is 31.5 Å². The molecule has 7 nitrogen and oxygen atoms in total. The van der Waals surface area contributed by atoms with Crippen molar-refractivity contribution in [1.29, 1.82) is 5.41 Å². The van der Waals surface area contributed by atoms with Crippen LogP contribution < -0.4 is 15.5 Å². The van der Waals surface area contributed by atoms with Crippen LogP contribution in [0.5, 0.6) is 0 Å². The highest BCUT2D eigenvalue weighted by Gasteiger charge is 2.30. The van der Waals surface area contributed by atoms with E-state index >= 15 is 0 Å². The van der Waals surface area contributed by atoms with Crippen molar-refractivity contribution in [2.75, 3.05) is 22.9 Å². The Morgan fingerprint density at radius 2 is 1.55 bits per heavy atom. The molecule has 0 aromatic heterocycles. The van der Waals surface area contributed by atoms with Gasteiger partial charge in [0.25, 0.3) is 0 Å². The number of benzene rings is 2. The van der Waals surface area contributed by atoms with E-state index in [9.17, 15) is 9.59 Å². The lowest BCUT2D eigenvalue weighted by Crippen LogP contribution is -2.31. The average molecular weight is 394 g/mol. The van der Waals surface area contributed by atoms with E-state index < -0.39 is 0 Å². The van der Waals surface area contributed by atoms with Crippen molar-refractivity contribution in [2.45, 2.75) is 32.8 Å². The van der Waals surface area contributed by atoms with Crippen LogP contribution in [-0.2, 0) is 16.0 Å². The van der Waals surface area contributed by atoms with Crippen molar-refractivity contribution in [3.8, 4) is 0 Å². The number of urea groups is 1. The lowest BCUT2D eigenvalue weighted by molar-refractivity contribution is -0.147. The molecule has 0 atom stereocenters. The number of nitrogens with zero attached hydrogens (tertiary/aromatic N) is 2. The topological polar surface area (TPSA) is 99.7 Å². The second-order valence-corrected chi connectivity index (χ2v) is 7.25. The summed E-state index contributed by atoms with van der Waals surface area (Å²) in [4.78, 5) is 28.0. The van der Waals surface area contributed by atoms with Gasteiger partial charge in [0.15, 0.2) is 0 Å². The fourth-order valence-electron chi connectivity index (χ4n) is 3.25. The highest BCUT2D eigenvalue weighted by atomic mass is 16.5. The van der Waals surface area contributed by atoms with Crippen molar-refractivity contribution in [3.63, 3.8) is 0 Å². The minimum Gasteiger partial charge on any atom is -0.463 e. The molecule has 2 aromatic rings. The molecule has 1 aliphatic heterocycles. The summed E-state index contributed by atoms with van der Waals surface area (Å²) >= 11 is 0. The number of amidine groups is 1. The monoisotopic (exact) mass is 394 g/mol. The smallest absolute Gasteiger partial charge is 0.329 e. The van der Waals surface area contributed by atoms with Crippen LogP contribution in [0.3, 0.4) is 0 Å². The molecular formula is C22H26N4O3. The number of ether oxygens (including phenoxy) is 1. The molecule has 3 N–H and O–H groups in total. The largest absolute Gasteiger partial charge is 0.463 e. The first-order chi connectivity index (χ1) is 13.8. The Morgan fingerprint density at radius 3 is 2.03 bits per heavy atom.